The highest BCUT2D eigenvalue weighted by Gasteiger charge is 2.32. The first-order valence-electron chi connectivity index (χ1n) is 10.8. The zero-order valence-corrected chi connectivity index (χ0v) is 20.2. The smallest absolute Gasteiger partial charge is 0.337 e. The number of hydrogen-bond acceptors (Lipinski definition) is 5. The van der Waals surface area contributed by atoms with Crippen molar-refractivity contribution in [3.8, 4) is 5.69 Å². The van der Waals surface area contributed by atoms with Gasteiger partial charge in [0.15, 0.2) is 0 Å². The van der Waals surface area contributed by atoms with E-state index in [1.165, 1.54) is 15.9 Å². The maximum Gasteiger partial charge on any atom is 0.337 e. The van der Waals surface area contributed by atoms with Gasteiger partial charge >= 0.3 is 5.69 Å². The quantitative estimate of drug-likeness (QED) is 0.456. The van der Waals surface area contributed by atoms with E-state index >= 15 is 0 Å². The second-order valence-electron chi connectivity index (χ2n) is 8.81. The molecule has 0 fully saturated rings. The number of carbonyl (C=O) groups is 1. The number of nitrogens with zero attached hydrogens (tertiary/aromatic N) is 2. The Balaban J connectivity index is 1.71. The van der Waals surface area contributed by atoms with Crippen LogP contribution in [0.5, 0.6) is 0 Å². The van der Waals surface area contributed by atoms with Gasteiger partial charge in [-0.1, -0.05) is 29.8 Å². The molecule has 0 atom stereocenters. The number of thiophene rings is 1. The Morgan fingerprint density at radius 2 is 1.82 bits per heavy atom. The zero-order valence-electron chi connectivity index (χ0n) is 18.6. The molecular weight excluding hydrogens is 474 g/mol. The number of carbonyl (C=O) groups excluding carboxylic acids is 1. The number of hydrogen-bond donors (Lipinski definition) is 1. The molecule has 34 heavy (non-hydrogen) atoms. The first-order chi connectivity index (χ1) is 16.2. The second kappa shape index (κ2) is 8.54. The predicted molar refractivity (Wildman–Crippen MR) is 134 cm³/mol. The highest BCUT2D eigenvalue weighted by Crippen LogP contribution is 2.37. The Morgan fingerprint density at radius 3 is 2.53 bits per heavy atom. The Kier molecular flexibility index (Phi) is 5.67. The number of nitrogens with one attached hydrogen (secondary N) is 1. The van der Waals surface area contributed by atoms with Gasteiger partial charge in [0.2, 0.25) is 5.91 Å². The molecule has 0 radical (unpaired) electrons. The predicted octanol–water partition coefficient (Wildman–Crippen LogP) is 4.36. The summed E-state index contributed by atoms with van der Waals surface area (Å²) in [5.74, 6) is -0.362. The van der Waals surface area contributed by atoms with E-state index in [4.69, 9.17) is 16.3 Å². The van der Waals surface area contributed by atoms with Crippen molar-refractivity contribution in [1.29, 1.82) is 0 Å². The summed E-state index contributed by atoms with van der Waals surface area (Å²) in [7, 11) is 0. The number of anilines is 1. The third kappa shape index (κ3) is 4.09. The van der Waals surface area contributed by atoms with Gasteiger partial charge in [0.05, 0.1) is 23.3 Å². The van der Waals surface area contributed by atoms with Crippen LogP contribution in [-0.4, -0.2) is 20.6 Å². The molecule has 3 heterocycles. The molecule has 174 valence electrons. The van der Waals surface area contributed by atoms with E-state index in [0.29, 0.717) is 39.6 Å². The van der Waals surface area contributed by atoms with Crippen molar-refractivity contribution in [2.45, 2.75) is 39.0 Å². The number of benzene rings is 2. The lowest BCUT2D eigenvalue weighted by Crippen LogP contribution is -2.41. The minimum atomic E-state index is -0.582. The Hall–Kier alpha value is -3.20. The molecule has 2 aromatic carbocycles. The zero-order chi connectivity index (χ0) is 24.0. The SMILES string of the molecule is CC1(C)Cc2c(sc3c2c(=O)n(-c2ccc(Cl)cc2)c(=O)n3CC(=O)Nc2ccccc2)CO1. The van der Waals surface area contributed by atoms with Crippen LogP contribution < -0.4 is 16.6 Å². The molecule has 0 saturated carbocycles. The van der Waals surface area contributed by atoms with Gasteiger partial charge in [0, 0.05) is 22.0 Å². The Bertz CT molecular complexity index is 1520. The minimum Gasteiger partial charge on any atom is -0.370 e. The molecule has 9 heteroatoms. The molecule has 0 unspecified atom stereocenters. The molecule has 0 saturated heterocycles. The van der Waals surface area contributed by atoms with Gasteiger partial charge in [-0.15, -0.1) is 11.3 Å². The van der Waals surface area contributed by atoms with E-state index in [1.807, 2.05) is 32.0 Å². The van der Waals surface area contributed by atoms with Crippen LogP contribution in [0, 0.1) is 0 Å². The number of ether oxygens (including phenoxy) is 1. The normalized spacial score (nSPS) is 14.7. The number of halogens is 1. The van der Waals surface area contributed by atoms with Gasteiger partial charge in [-0.05, 0) is 55.8 Å². The Labute approximate surface area is 204 Å². The summed E-state index contributed by atoms with van der Waals surface area (Å²) in [6.07, 6.45) is 0.534. The van der Waals surface area contributed by atoms with E-state index < -0.39 is 16.9 Å². The van der Waals surface area contributed by atoms with Gasteiger partial charge in [-0.3, -0.25) is 14.2 Å². The maximum absolute atomic E-state index is 13.7. The van der Waals surface area contributed by atoms with Crippen molar-refractivity contribution in [2.24, 2.45) is 0 Å². The summed E-state index contributed by atoms with van der Waals surface area (Å²) in [5.41, 5.74) is 0.470. The summed E-state index contributed by atoms with van der Waals surface area (Å²) in [6.45, 7) is 4.06. The van der Waals surface area contributed by atoms with Crippen molar-refractivity contribution in [2.75, 3.05) is 5.32 Å². The molecule has 0 bridgehead atoms. The summed E-state index contributed by atoms with van der Waals surface area (Å²) in [6, 6.07) is 15.5. The van der Waals surface area contributed by atoms with Crippen molar-refractivity contribution < 1.29 is 9.53 Å². The van der Waals surface area contributed by atoms with Gasteiger partial charge < -0.3 is 10.1 Å². The standard InChI is InChI=1S/C25H22ClN3O4S/c1-25(2)12-18-19(14-33-25)34-23-21(18)22(31)29(17-10-8-15(26)9-11-17)24(32)28(23)13-20(30)27-16-6-4-3-5-7-16/h3-11H,12-14H2,1-2H3,(H,27,30). The van der Waals surface area contributed by atoms with Crippen molar-refractivity contribution in [3.63, 3.8) is 0 Å². The molecule has 7 nitrogen and oxygen atoms in total. The topological polar surface area (TPSA) is 82.3 Å². The van der Waals surface area contributed by atoms with Crippen LogP contribution in [0.4, 0.5) is 5.69 Å². The van der Waals surface area contributed by atoms with E-state index in [2.05, 4.69) is 5.32 Å². The highest BCUT2D eigenvalue weighted by molar-refractivity contribution is 7.18. The second-order valence-corrected chi connectivity index (χ2v) is 10.3. The van der Waals surface area contributed by atoms with Gasteiger partial charge in [0.25, 0.3) is 5.56 Å². The van der Waals surface area contributed by atoms with E-state index in [9.17, 15) is 14.4 Å². The van der Waals surface area contributed by atoms with Crippen LogP contribution in [0.1, 0.15) is 24.3 Å². The van der Waals surface area contributed by atoms with Gasteiger partial charge in [-0.2, -0.15) is 0 Å². The lowest BCUT2D eigenvalue weighted by Gasteiger charge is -2.29. The number of aromatic nitrogens is 2. The van der Waals surface area contributed by atoms with Crippen LogP contribution in [0.2, 0.25) is 5.02 Å². The summed E-state index contributed by atoms with van der Waals surface area (Å²) < 4.78 is 8.43. The van der Waals surface area contributed by atoms with Crippen LogP contribution in [0.3, 0.4) is 0 Å². The number of amides is 1. The number of fused-ring (bicyclic) bond motifs is 3. The average Bonchev–Trinajstić information content (AvgIpc) is 3.16. The summed E-state index contributed by atoms with van der Waals surface area (Å²) in [4.78, 5) is 41.6. The van der Waals surface area contributed by atoms with E-state index in [0.717, 1.165) is 15.0 Å². The lowest BCUT2D eigenvalue weighted by atomic mass is 9.94. The summed E-state index contributed by atoms with van der Waals surface area (Å²) in [5, 5.41) is 3.76. The van der Waals surface area contributed by atoms with Crippen LogP contribution in [0.15, 0.2) is 64.2 Å². The fourth-order valence-electron chi connectivity index (χ4n) is 4.18. The molecule has 0 spiro atoms. The van der Waals surface area contributed by atoms with Crippen molar-refractivity contribution in [1.82, 2.24) is 9.13 Å². The molecule has 1 amide bonds. The summed E-state index contributed by atoms with van der Waals surface area (Å²) >= 11 is 7.36. The fraction of sp³-hybridized carbons (Fsp3) is 0.240. The molecule has 4 aromatic rings. The van der Waals surface area contributed by atoms with E-state index in [1.54, 1.807) is 36.4 Å². The molecule has 2 aromatic heterocycles. The number of rotatable bonds is 4. The molecule has 1 N–H and O–H groups in total. The third-order valence-corrected chi connectivity index (χ3v) is 7.28. The molecule has 1 aliphatic heterocycles. The molecule has 5 rings (SSSR count). The monoisotopic (exact) mass is 495 g/mol. The minimum absolute atomic E-state index is 0.234. The van der Waals surface area contributed by atoms with Crippen molar-refractivity contribution >= 4 is 44.7 Å². The third-order valence-electron chi connectivity index (χ3n) is 5.80. The van der Waals surface area contributed by atoms with Crippen LogP contribution in [-0.2, 0) is 29.1 Å². The largest absolute Gasteiger partial charge is 0.370 e. The Morgan fingerprint density at radius 1 is 1.12 bits per heavy atom. The van der Waals surface area contributed by atoms with Gasteiger partial charge in [-0.25, -0.2) is 9.36 Å². The molecule has 0 aliphatic carbocycles. The first kappa shape index (κ1) is 22.6. The number of para-hydroxylation sites is 1. The molecule has 1 aliphatic rings. The lowest BCUT2D eigenvalue weighted by molar-refractivity contribution is -0.116. The van der Waals surface area contributed by atoms with E-state index in [-0.39, 0.29) is 12.5 Å². The molecular formula is C25H22ClN3O4S. The van der Waals surface area contributed by atoms with Gasteiger partial charge in [0.1, 0.15) is 11.4 Å². The average molecular weight is 496 g/mol. The van der Waals surface area contributed by atoms with Crippen molar-refractivity contribution in [3.05, 3.63) is 90.9 Å². The fourth-order valence-corrected chi connectivity index (χ4v) is 5.52. The van der Waals surface area contributed by atoms with Crippen LogP contribution in [0.25, 0.3) is 15.9 Å². The first-order valence-corrected chi connectivity index (χ1v) is 12.0. The van der Waals surface area contributed by atoms with Crippen LogP contribution >= 0.6 is 22.9 Å². The maximum atomic E-state index is 13.7. The highest BCUT2D eigenvalue weighted by atomic mass is 35.5.